The SMILES string of the molecule is ClC(Cl)(C1=N/c2ccccc2/C=C/C=C\1)C1CC1. The van der Waals surface area contributed by atoms with Gasteiger partial charge < -0.3 is 0 Å². The molecule has 0 atom stereocenters. The fourth-order valence-corrected chi connectivity index (χ4v) is 2.69. The zero-order chi connectivity index (χ0) is 12.6. The van der Waals surface area contributed by atoms with Crippen LogP contribution in [0.2, 0.25) is 0 Å². The van der Waals surface area contributed by atoms with Gasteiger partial charge in [-0.2, -0.15) is 0 Å². The van der Waals surface area contributed by atoms with E-state index in [9.17, 15) is 0 Å². The zero-order valence-corrected chi connectivity index (χ0v) is 11.3. The monoisotopic (exact) mass is 277 g/mol. The number of nitrogens with zero attached hydrogens (tertiary/aromatic N) is 1. The van der Waals surface area contributed by atoms with Crippen molar-refractivity contribution >= 4 is 40.7 Å². The Labute approximate surface area is 117 Å². The van der Waals surface area contributed by atoms with Crippen LogP contribution >= 0.6 is 23.2 Å². The van der Waals surface area contributed by atoms with Crippen LogP contribution in [0.5, 0.6) is 0 Å². The van der Waals surface area contributed by atoms with Gasteiger partial charge >= 0.3 is 0 Å². The lowest BCUT2D eigenvalue weighted by Crippen LogP contribution is -2.27. The maximum Gasteiger partial charge on any atom is 0.162 e. The van der Waals surface area contributed by atoms with E-state index in [4.69, 9.17) is 23.2 Å². The van der Waals surface area contributed by atoms with Crippen LogP contribution in [0, 0.1) is 5.92 Å². The Hall–Kier alpha value is -1.05. The summed E-state index contributed by atoms with van der Waals surface area (Å²) < 4.78 is -0.866. The number of rotatable bonds is 2. The van der Waals surface area contributed by atoms with Crippen molar-refractivity contribution in [3.63, 3.8) is 0 Å². The molecule has 0 saturated heterocycles. The minimum atomic E-state index is -0.866. The van der Waals surface area contributed by atoms with Crippen LogP contribution in [-0.4, -0.2) is 10.0 Å². The van der Waals surface area contributed by atoms with Gasteiger partial charge in [0.2, 0.25) is 0 Å². The number of allylic oxidation sites excluding steroid dienone is 3. The number of hydrogen-bond donors (Lipinski definition) is 0. The third-order valence-corrected chi connectivity index (χ3v) is 4.25. The molecule has 1 saturated carbocycles. The minimum Gasteiger partial charge on any atom is -0.250 e. The molecule has 0 radical (unpaired) electrons. The largest absolute Gasteiger partial charge is 0.250 e. The fraction of sp³-hybridized carbons (Fsp3) is 0.267. The zero-order valence-electron chi connectivity index (χ0n) is 9.81. The Kier molecular flexibility index (Phi) is 3.04. The van der Waals surface area contributed by atoms with Crippen molar-refractivity contribution in [3.8, 4) is 0 Å². The Bertz CT molecular complexity index is 551. The van der Waals surface area contributed by atoms with E-state index in [-0.39, 0.29) is 0 Å². The molecule has 1 aromatic carbocycles. The maximum absolute atomic E-state index is 6.46. The number of hydrogen-bond acceptors (Lipinski definition) is 1. The van der Waals surface area contributed by atoms with Gasteiger partial charge in [-0.1, -0.05) is 59.6 Å². The molecule has 1 aliphatic heterocycles. The van der Waals surface area contributed by atoms with Gasteiger partial charge in [-0.05, 0) is 30.9 Å². The van der Waals surface area contributed by atoms with E-state index in [1.54, 1.807) is 0 Å². The molecule has 3 rings (SSSR count). The quantitative estimate of drug-likeness (QED) is 0.680. The van der Waals surface area contributed by atoms with Crippen molar-refractivity contribution in [1.82, 2.24) is 0 Å². The number of aliphatic imine (C=N–C) groups is 1. The predicted octanol–water partition coefficient (Wildman–Crippen LogP) is 4.93. The van der Waals surface area contributed by atoms with Crippen molar-refractivity contribution in [2.24, 2.45) is 10.9 Å². The summed E-state index contributed by atoms with van der Waals surface area (Å²) in [5.41, 5.74) is 2.74. The minimum absolute atomic E-state index is 0.333. The van der Waals surface area contributed by atoms with Crippen LogP contribution in [0.15, 0.2) is 47.5 Å². The van der Waals surface area contributed by atoms with E-state index in [0.29, 0.717) is 5.92 Å². The molecule has 1 heterocycles. The van der Waals surface area contributed by atoms with Crippen molar-refractivity contribution in [3.05, 3.63) is 48.1 Å². The van der Waals surface area contributed by atoms with Gasteiger partial charge in [0.15, 0.2) is 4.33 Å². The first kappa shape index (κ1) is 12.0. The summed E-state index contributed by atoms with van der Waals surface area (Å²) in [5, 5.41) is 0. The Balaban J connectivity index is 2.07. The van der Waals surface area contributed by atoms with Crippen molar-refractivity contribution < 1.29 is 0 Å². The second-order valence-electron chi connectivity index (χ2n) is 4.67. The normalized spacial score (nSPS) is 25.3. The molecule has 1 nitrogen and oxygen atoms in total. The van der Waals surface area contributed by atoms with Gasteiger partial charge in [0.25, 0.3) is 0 Å². The van der Waals surface area contributed by atoms with Gasteiger partial charge in [-0.3, -0.25) is 0 Å². The molecule has 1 fully saturated rings. The Morgan fingerprint density at radius 1 is 1.06 bits per heavy atom. The highest BCUT2D eigenvalue weighted by Crippen LogP contribution is 2.48. The topological polar surface area (TPSA) is 12.4 Å². The lowest BCUT2D eigenvalue weighted by Gasteiger charge is -2.20. The van der Waals surface area contributed by atoms with Crippen LogP contribution in [0.25, 0.3) is 6.08 Å². The molecule has 0 amide bonds. The fourth-order valence-electron chi connectivity index (χ4n) is 2.04. The molecule has 92 valence electrons. The number of fused-ring (bicyclic) bond motifs is 1. The first-order valence-electron chi connectivity index (χ1n) is 6.09. The van der Waals surface area contributed by atoms with Crippen LogP contribution in [0.1, 0.15) is 18.4 Å². The molecule has 1 aliphatic carbocycles. The van der Waals surface area contributed by atoms with Crippen molar-refractivity contribution in [1.29, 1.82) is 0 Å². The first-order chi connectivity index (χ1) is 8.68. The second kappa shape index (κ2) is 4.56. The molecule has 18 heavy (non-hydrogen) atoms. The highest BCUT2D eigenvalue weighted by molar-refractivity contribution is 6.60. The van der Waals surface area contributed by atoms with E-state index in [2.05, 4.69) is 4.99 Å². The summed E-state index contributed by atoms with van der Waals surface area (Å²) in [6.07, 6.45) is 10.0. The van der Waals surface area contributed by atoms with Gasteiger partial charge in [0.1, 0.15) is 0 Å². The van der Waals surface area contributed by atoms with E-state index in [0.717, 1.165) is 29.8 Å². The van der Waals surface area contributed by atoms with E-state index < -0.39 is 4.33 Å². The van der Waals surface area contributed by atoms with Gasteiger partial charge in [-0.15, -0.1) is 0 Å². The summed E-state index contributed by atoms with van der Waals surface area (Å²) in [6.45, 7) is 0. The van der Waals surface area contributed by atoms with Gasteiger partial charge in [-0.25, -0.2) is 4.99 Å². The summed E-state index contributed by atoms with van der Waals surface area (Å²) in [7, 11) is 0. The smallest absolute Gasteiger partial charge is 0.162 e. The van der Waals surface area contributed by atoms with E-state index in [1.165, 1.54) is 0 Å². The number of para-hydroxylation sites is 1. The third-order valence-electron chi connectivity index (χ3n) is 3.25. The second-order valence-corrected chi connectivity index (χ2v) is 6.06. The van der Waals surface area contributed by atoms with Gasteiger partial charge in [0.05, 0.1) is 11.4 Å². The maximum atomic E-state index is 6.46. The van der Waals surface area contributed by atoms with E-state index >= 15 is 0 Å². The average molecular weight is 278 g/mol. The van der Waals surface area contributed by atoms with Gasteiger partial charge in [0, 0.05) is 5.56 Å². The molecule has 0 unspecified atom stereocenters. The van der Waals surface area contributed by atoms with Crippen molar-refractivity contribution in [2.45, 2.75) is 17.2 Å². The average Bonchev–Trinajstić information content (AvgIpc) is 3.13. The molecular formula is C15H13Cl2N. The first-order valence-corrected chi connectivity index (χ1v) is 6.84. The van der Waals surface area contributed by atoms with Crippen LogP contribution in [-0.2, 0) is 0 Å². The number of alkyl halides is 2. The molecule has 0 bridgehead atoms. The lowest BCUT2D eigenvalue weighted by molar-refractivity contribution is 0.843. The van der Waals surface area contributed by atoms with E-state index in [1.807, 2.05) is 48.6 Å². The summed E-state index contributed by atoms with van der Waals surface area (Å²) in [4.78, 5) is 4.65. The Morgan fingerprint density at radius 3 is 2.56 bits per heavy atom. The number of halogens is 2. The summed E-state index contributed by atoms with van der Waals surface area (Å²) in [6, 6.07) is 7.99. The molecule has 0 spiro atoms. The number of benzene rings is 1. The molecule has 3 heteroatoms. The molecule has 0 aromatic heterocycles. The molecule has 1 aromatic rings. The lowest BCUT2D eigenvalue weighted by atomic mass is 10.1. The standard InChI is InChI=1S/C15H13Cl2N/c16-15(17,12-9-10-12)14-8-4-2-6-11-5-1-3-7-13(11)18-14/h1-8,12H,9-10H2/b4-2?,6-2+,8-4-,11-6?,14-8?,18-13?,18-14+. The summed E-state index contributed by atoms with van der Waals surface area (Å²) >= 11 is 12.9. The van der Waals surface area contributed by atoms with Crippen molar-refractivity contribution in [2.75, 3.05) is 0 Å². The predicted molar refractivity (Wildman–Crippen MR) is 78.9 cm³/mol. The Morgan fingerprint density at radius 2 is 1.78 bits per heavy atom. The van der Waals surface area contributed by atoms with Crippen LogP contribution in [0.3, 0.4) is 0 Å². The summed E-state index contributed by atoms with van der Waals surface area (Å²) in [5.74, 6) is 0.333. The van der Waals surface area contributed by atoms with Crippen LogP contribution in [0.4, 0.5) is 5.69 Å². The van der Waals surface area contributed by atoms with Crippen LogP contribution < -0.4 is 0 Å². The highest BCUT2D eigenvalue weighted by atomic mass is 35.5. The molecule has 0 N–H and O–H groups in total. The highest BCUT2D eigenvalue weighted by Gasteiger charge is 2.45. The third kappa shape index (κ3) is 2.25. The molecular weight excluding hydrogens is 265 g/mol. The molecule has 2 aliphatic rings.